The van der Waals surface area contributed by atoms with Crippen molar-refractivity contribution in [3.05, 3.63) is 29.8 Å². The van der Waals surface area contributed by atoms with Crippen molar-refractivity contribution < 1.29 is 13.7 Å². The molecule has 0 aliphatic rings. The summed E-state index contributed by atoms with van der Waals surface area (Å²) in [5, 5.41) is 0. The molecule has 0 spiro atoms. The van der Waals surface area contributed by atoms with Gasteiger partial charge >= 0.3 is 5.97 Å². The molecule has 0 N–H and O–H groups in total. The molecule has 0 aromatic heterocycles. The molecule has 0 saturated heterocycles. The van der Waals surface area contributed by atoms with Gasteiger partial charge in [0.2, 0.25) is 0 Å². The van der Waals surface area contributed by atoms with E-state index in [9.17, 15) is 9.00 Å². The van der Waals surface area contributed by atoms with Crippen LogP contribution in [0.4, 0.5) is 0 Å². The molecule has 0 saturated carbocycles. The van der Waals surface area contributed by atoms with Gasteiger partial charge in [0, 0.05) is 0 Å². The van der Waals surface area contributed by atoms with Gasteiger partial charge in [0.15, 0.2) is 0 Å². The van der Waals surface area contributed by atoms with Crippen LogP contribution in [0.25, 0.3) is 0 Å². The summed E-state index contributed by atoms with van der Waals surface area (Å²) in [6.45, 7) is 3.38. The fraction of sp³-hybridized carbons (Fsp3) is 0.200. The number of rotatable bonds is 2. The SMILES string of the molecule is CC(=S=O)C(=O)Oc1ccc(C)cc1. The number of ether oxygens (including phenoxy) is 1. The zero-order chi connectivity index (χ0) is 10.6. The van der Waals surface area contributed by atoms with E-state index >= 15 is 0 Å². The van der Waals surface area contributed by atoms with E-state index in [1.807, 2.05) is 19.1 Å². The summed E-state index contributed by atoms with van der Waals surface area (Å²) in [4.78, 5) is 11.3. The fourth-order valence-electron chi connectivity index (χ4n) is 0.819. The van der Waals surface area contributed by atoms with Crippen molar-refractivity contribution in [2.45, 2.75) is 13.8 Å². The third-order valence-electron chi connectivity index (χ3n) is 1.64. The summed E-state index contributed by atoms with van der Waals surface area (Å²) in [6, 6.07) is 7.05. The van der Waals surface area contributed by atoms with Gasteiger partial charge < -0.3 is 4.74 Å². The van der Waals surface area contributed by atoms with Crippen LogP contribution >= 0.6 is 0 Å². The van der Waals surface area contributed by atoms with E-state index in [0.29, 0.717) is 5.75 Å². The Morgan fingerprint density at radius 3 is 2.36 bits per heavy atom. The predicted molar refractivity (Wildman–Crippen MR) is 55.6 cm³/mol. The van der Waals surface area contributed by atoms with Crippen LogP contribution in [-0.4, -0.2) is 15.0 Å². The molecule has 0 unspecified atom stereocenters. The van der Waals surface area contributed by atoms with Crippen LogP contribution < -0.4 is 4.74 Å². The summed E-state index contributed by atoms with van der Waals surface area (Å²) in [5.74, 6) is -0.136. The number of hydrogen-bond donors (Lipinski definition) is 0. The van der Waals surface area contributed by atoms with Crippen molar-refractivity contribution in [1.29, 1.82) is 0 Å². The zero-order valence-corrected chi connectivity index (χ0v) is 8.76. The molecular formula is C10H10O3S. The van der Waals surface area contributed by atoms with E-state index in [1.165, 1.54) is 6.92 Å². The Balaban J connectivity index is 2.75. The maximum absolute atomic E-state index is 11.1. The highest BCUT2D eigenvalue weighted by molar-refractivity contribution is 7.68. The minimum Gasteiger partial charge on any atom is -0.423 e. The van der Waals surface area contributed by atoms with Crippen molar-refractivity contribution in [1.82, 2.24) is 0 Å². The summed E-state index contributed by atoms with van der Waals surface area (Å²) in [5.41, 5.74) is 1.09. The first-order chi connectivity index (χ1) is 6.63. The largest absolute Gasteiger partial charge is 0.423 e. The van der Waals surface area contributed by atoms with E-state index < -0.39 is 5.97 Å². The normalized spacial score (nSPS) is 9.29. The van der Waals surface area contributed by atoms with Crippen LogP contribution in [0.1, 0.15) is 12.5 Å². The number of carbonyl (C=O) groups excluding carboxylic acids is 1. The van der Waals surface area contributed by atoms with E-state index in [-0.39, 0.29) is 16.1 Å². The second-order valence-corrected chi connectivity index (χ2v) is 3.62. The molecule has 1 aromatic carbocycles. The first kappa shape index (κ1) is 10.7. The van der Waals surface area contributed by atoms with Crippen LogP contribution in [0.15, 0.2) is 24.3 Å². The second kappa shape index (κ2) is 4.72. The lowest BCUT2D eigenvalue weighted by atomic mass is 10.2. The maximum Gasteiger partial charge on any atom is 0.352 e. The van der Waals surface area contributed by atoms with Crippen molar-refractivity contribution in [2.75, 3.05) is 0 Å². The number of aryl methyl sites for hydroxylation is 1. The molecule has 1 aromatic rings. The van der Waals surface area contributed by atoms with Crippen molar-refractivity contribution in [2.24, 2.45) is 0 Å². The van der Waals surface area contributed by atoms with Gasteiger partial charge in [0.1, 0.15) is 10.6 Å². The van der Waals surface area contributed by atoms with Gasteiger partial charge in [-0.3, -0.25) is 0 Å². The van der Waals surface area contributed by atoms with Crippen LogP contribution in [0.2, 0.25) is 0 Å². The Bertz CT molecular complexity index is 388. The van der Waals surface area contributed by atoms with Crippen molar-refractivity contribution in [3.8, 4) is 5.75 Å². The van der Waals surface area contributed by atoms with Gasteiger partial charge in [-0.2, -0.15) is 0 Å². The standard InChI is InChI=1S/C10H10O3S/c1-7-3-5-9(6-4-7)13-10(11)8(2)14-12/h3-6H,1-2H3. The lowest BCUT2D eigenvalue weighted by Crippen LogP contribution is -2.17. The topological polar surface area (TPSA) is 43.4 Å². The zero-order valence-electron chi connectivity index (χ0n) is 7.94. The summed E-state index contributed by atoms with van der Waals surface area (Å²) >= 11 is 0.147. The van der Waals surface area contributed by atoms with E-state index in [0.717, 1.165) is 5.56 Å². The number of hydrogen-bond acceptors (Lipinski definition) is 3. The van der Waals surface area contributed by atoms with Crippen LogP contribution in [0.5, 0.6) is 5.75 Å². The summed E-state index contributed by atoms with van der Waals surface area (Å²) in [6.07, 6.45) is 0. The third-order valence-corrected chi connectivity index (χ3v) is 2.06. The molecule has 0 atom stereocenters. The molecule has 14 heavy (non-hydrogen) atoms. The Hall–Kier alpha value is -1.42. The monoisotopic (exact) mass is 210 g/mol. The first-order valence-electron chi connectivity index (χ1n) is 4.05. The molecule has 0 aliphatic heterocycles. The van der Waals surface area contributed by atoms with Gasteiger partial charge in [-0.25, -0.2) is 9.00 Å². The maximum atomic E-state index is 11.1. The Kier molecular flexibility index (Phi) is 3.59. The molecule has 74 valence electrons. The van der Waals surface area contributed by atoms with E-state index in [4.69, 9.17) is 4.74 Å². The quantitative estimate of drug-likeness (QED) is 0.420. The van der Waals surface area contributed by atoms with E-state index in [2.05, 4.69) is 0 Å². The van der Waals surface area contributed by atoms with Crippen molar-refractivity contribution >= 4 is 22.1 Å². The molecule has 1 rings (SSSR count). The number of carbonyl (C=O) groups is 1. The molecule has 0 fully saturated rings. The number of esters is 1. The average molecular weight is 210 g/mol. The van der Waals surface area contributed by atoms with Gasteiger partial charge in [-0.1, -0.05) is 17.7 Å². The molecule has 3 nitrogen and oxygen atoms in total. The second-order valence-electron chi connectivity index (χ2n) is 2.84. The minimum absolute atomic E-state index is 0.102. The van der Waals surface area contributed by atoms with Crippen LogP contribution in [0.3, 0.4) is 0 Å². The highest BCUT2D eigenvalue weighted by Gasteiger charge is 2.07. The summed E-state index contributed by atoms with van der Waals surface area (Å²) in [7, 11) is 0. The Labute approximate surface area is 85.8 Å². The summed E-state index contributed by atoms with van der Waals surface area (Å²) < 4.78 is 15.2. The Morgan fingerprint density at radius 2 is 1.86 bits per heavy atom. The number of benzene rings is 1. The van der Waals surface area contributed by atoms with Gasteiger partial charge in [-0.05, 0) is 26.0 Å². The molecule has 0 amide bonds. The average Bonchev–Trinajstić information content (AvgIpc) is 2.20. The molecule has 0 bridgehead atoms. The molecule has 0 aliphatic carbocycles. The van der Waals surface area contributed by atoms with E-state index in [1.54, 1.807) is 12.1 Å². The Morgan fingerprint density at radius 1 is 1.29 bits per heavy atom. The highest BCUT2D eigenvalue weighted by Crippen LogP contribution is 2.11. The van der Waals surface area contributed by atoms with Crippen molar-refractivity contribution in [3.63, 3.8) is 0 Å². The smallest absolute Gasteiger partial charge is 0.352 e. The lowest BCUT2D eigenvalue weighted by Gasteiger charge is -2.02. The fourth-order valence-corrected chi connectivity index (χ4v) is 0.929. The predicted octanol–water partition coefficient (Wildman–Crippen LogP) is 1.31. The van der Waals surface area contributed by atoms with Crippen LogP contribution in [0, 0.1) is 6.92 Å². The molecule has 4 heteroatoms. The molecule has 0 radical (unpaired) electrons. The first-order valence-corrected chi connectivity index (χ1v) is 4.80. The van der Waals surface area contributed by atoms with Gasteiger partial charge in [-0.15, -0.1) is 0 Å². The lowest BCUT2D eigenvalue weighted by molar-refractivity contribution is -0.126. The van der Waals surface area contributed by atoms with Crippen LogP contribution in [-0.2, 0) is 16.1 Å². The minimum atomic E-state index is -0.589. The van der Waals surface area contributed by atoms with Gasteiger partial charge in [0.05, 0.1) is 11.3 Å². The van der Waals surface area contributed by atoms with Gasteiger partial charge in [0.25, 0.3) is 0 Å². The molecule has 0 heterocycles. The highest BCUT2D eigenvalue weighted by atomic mass is 32.1. The molecular weight excluding hydrogens is 200 g/mol. The third kappa shape index (κ3) is 2.81.